The standard InChI is InChI=1S/C10H12BrNO2/c1-6-8(9(13)5-11)3-7(12)4-10(6)14-2/h3-4H,5,12H2,1-2H3. The number of hydrogen-bond acceptors (Lipinski definition) is 3. The van der Waals surface area contributed by atoms with E-state index >= 15 is 0 Å². The highest BCUT2D eigenvalue weighted by Gasteiger charge is 2.12. The molecule has 0 aromatic heterocycles. The van der Waals surface area contributed by atoms with Crippen LogP contribution in [0.3, 0.4) is 0 Å². The molecule has 0 bridgehead atoms. The zero-order chi connectivity index (χ0) is 10.7. The van der Waals surface area contributed by atoms with Gasteiger partial charge in [0.1, 0.15) is 5.75 Å². The Bertz CT molecular complexity index is 363. The van der Waals surface area contributed by atoms with Crippen molar-refractivity contribution in [1.29, 1.82) is 0 Å². The van der Waals surface area contributed by atoms with E-state index in [1.54, 1.807) is 19.2 Å². The Labute approximate surface area is 91.4 Å². The largest absolute Gasteiger partial charge is 0.496 e. The molecule has 1 rings (SSSR count). The van der Waals surface area contributed by atoms with E-state index in [2.05, 4.69) is 15.9 Å². The second kappa shape index (κ2) is 4.46. The van der Waals surface area contributed by atoms with E-state index in [0.29, 0.717) is 22.3 Å². The highest BCUT2D eigenvalue weighted by molar-refractivity contribution is 9.09. The van der Waals surface area contributed by atoms with Gasteiger partial charge in [0.2, 0.25) is 0 Å². The summed E-state index contributed by atoms with van der Waals surface area (Å²) in [7, 11) is 1.56. The molecule has 0 fully saturated rings. The number of ether oxygens (including phenoxy) is 1. The van der Waals surface area contributed by atoms with Crippen LogP contribution < -0.4 is 10.5 Å². The van der Waals surface area contributed by atoms with E-state index < -0.39 is 0 Å². The smallest absolute Gasteiger partial charge is 0.173 e. The number of alkyl halides is 1. The fourth-order valence-electron chi connectivity index (χ4n) is 1.28. The number of halogens is 1. The lowest BCUT2D eigenvalue weighted by Crippen LogP contribution is -2.05. The van der Waals surface area contributed by atoms with Crippen molar-refractivity contribution in [3.63, 3.8) is 0 Å². The second-order valence-electron chi connectivity index (χ2n) is 2.95. The van der Waals surface area contributed by atoms with Crippen molar-refractivity contribution in [2.24, 2.45) is 0 Å². The molecular formula is C10H12BrNO2. The van der Waals surface area contributed by atoms with Gasteiger partial charge in [-0.25, -0.2) is 0 Å². The van der Waals surface area contributed by atoms with Gasteiger partial charge in [0.15, 0.2) is 5.78 Å². The first-order valence-corrected chi connectivity index (χ1v) is 5.25. The number of carbonyl (C=O) groups is 1. The summed E-state index contributed by atoms with van der Waals surface area (Å²) < 4.78 is 5.11. The fraction of sp³-hybridized carbons (Fsp3) is 0.300. The number of methoxy groups -OCH3 is 1. The Kier molecular flexibility index (Phi) is 3.52. The highest BCUT2D eigenvalue weighted by Crippen LogP contribution is 2.25. The van der Waals surface area contributed by atoms with Gasteiger partial charge in [-0.15, -0.1) is 0 Å². The molecule has 0 amide bonds. The fourth-order valence-corrected chi connectivity index (χ4v) is 1.58. The average molecular weight is 258 g/mol. The minimum atomic E-state index is 0.00750. The Morgan fingerprint density at radius 2 is 2.21 bits per heavy atom. The second-order valence-corrected chi connectivity index (χ2v) is 3.51. The average Bonchev–Trinajstić information content (AvgIpc) is 2.19. The van der Waals surface area contributed by atoms with E-state index in [0.717, 1.165) is 5.56 Å². The van der Waals surface area contributed by atoms with Crippen LogP contribution in [0.15, 0.2) is 12.1 Å². The van der Waals surface area contributed by atoms with Crippen LogP contribution in [0.1, 0.15) is 15.9 Å². The van der Waals surface area contributed by atoms with Crippen molar-refractivity contribution < 1.29 is 9.53 Å². The Morgan fingerprint density at radius 1 is 1.57 bits per heavy atom. The Hall–Kier alpha value is -1.03. The number of nitrogen functional groups attached to an aromatic ring is 1. The number of ketones is 1. The van der Waals surface area contributed by atoms with Gasteiger partial charge in [0.25, 0.3) is 0 Å². The molecule has 0 radical (unpaired) electrons. The lowest BCUT2D eigenvalue weighted by Gasteiger charge is -2.09. The molecule has 0 aliphatic heterocycles. The zero-order valence-electron chi connectivity index (χ0n) is 8.13. The predicted octanol–water partition coefficient (Wildman–Crippen LogP) is 2.16. The molecule has 0 saturated carbocycles. The lowest BCUT2D eigenvalue weighted by molar-refractivity contribution is 0.102. The van der Waals surface area contributed by atoms with Crippen molar-refractivity contribution >= 4 is 27.4 Å². The van der Waals surface area contributed by atoms with Crippen LogP contribution in [0, 0.1) is 6.92 Å². The van der Waals surface area contributed by atoms with Crippen LogP contribution in [0.4, 0.5) is 5.69 Å². The molecule has 3 nitrogen and oxygen atoms in total. The molecule has 1 aromatic carbocycles. The molecule has 4 heteroatoms. The molecule has 0 heterocycles. The molecule has 0 spiro atoms. The van der Waals surface area contributed by atoms with Crippen molar-refractivity contribution in [2.45, 2.75) is 6.92 Å². The number of rotatable bonds is 3. The van der Waals surface area contributed by atoms with Gasteiger partial charge in [-0.1, -0.05) is 15.9 Å². The van der Waals surface area contributed by atoms with E-state index in [1.165, 1.54) is 0 Å². The summed E-state index contributed by atoms with van der Waals surface area (Å²) in [6.45, 7) is 1.84. The van der Waals surface area contributed by atoms with Crippen LogP contribution in [0.2, 0.25) is 0 Å². The summed E-state index contributed by atoms with van der Waals surface area (Å²) in [6, 6.07) is 3.38. The summed E-state index contributed by atoms with van der Waals surface area (Å²) in [6.07, 6.45) is 0. The van der Waals surface area contributed by atoms with Crippen molar-refractivity contribution in [3.05, 3.63) is 23.3 Å². The summed E-state index contributed by atoms with van der Waals surface area (Å²) in [5.74, 6) is 0.655. The highest BCUT2D eigenvalue weighted by atomic mass is 79.9. The first kappa shape index (κ1) is 11.0. The molecule has 2 N–H and O–H groups in total. The van der Waals surface area contributed by atoms with Crippen LogP contribution in [0.5, 0.6) is 5.75 Å². The van der Waals surface area contributed by atoms with Crippen LogP contribution in [-0.4, -0.2) is 18.2 Å². The van der Waals surface area contributed by atoms with Crippen LogP contribution in [0.25, 0.3) is 0 Å². The summed E-state index contributed by atoms with van der Waals surface area (Å²) in [4.78, 5) is 11.5. The summed E-state index contributed by atoms with van der Waals surface area (Å²) in [5, 5.41) is 0.292. The summed E-state index contributed by atoms with van der Waals surface area (Å²) >= 11 is 3.13. The molecule has 1 aromatic rings. The Morgan fingerprint density at radius 3 is 2.71 bits per heavy atom. The van der Waals surface area contributed by atoms with E-state index in [9.17, 15) is 4.79 Å². The topological polar surface area (TPSA) is 52.3 Å². The maximum Gasteiger partial charge on any atom is 0.173 e. The van der Waals surface area contributed by atoms with Gasteiger partial charge in [-0.05, 0) is 13.0 Å². The molecule has 0 aliphatic rings. The third-order valence-corrected chi connectivity index (χ3v) is 2.53. The monoisotopic (exact) mass is 257 g/mol. The zero-order valence-corrected chi connectivity index (χ0v) is 9.72. The summed E-state index contributed by atoms with van der Waals surface area (Å²) in [5.41, 5.74) is 7.62. The number of nitrogens with two attached hydrogens (primary N) is 1. The molecule has 0 unspecified atom stereocenters. The van der Waals surface area contributed by atoms with Gasteiger partial charge in [-0.2, -0.15) is 0 Å². The number of anilines is 1. The van der Waals surface area contributed by atoms with E-state index in [-0.39, 0.29) is 5.78 Å². The van der Waals surface area contributed by atoms with Gasteiger partial charge < -0.3 is 10.5 Å². The number of hydrogen-bond donors (Lipinski definition) is 1. The molecule has 0 aliphatic carbocycles. The van der Waals surface area contributed by atoms with Gasteiger partial charge in [0.05, 0.1) is 12.4 Å². The Balaban J connectivity index is 3.29. The van der Waals surface area contributed by atoms with Gasteiger partial charge in [0, 0.05) is 22.9 Å². The minimum absolute atomic E-state index is 0.00750. The van der Waals surface area contributed by atoms with Crippen molar-refractivity contribution in [2.75, 3.05) is 18.2 Å². The first-order valence-electron chi connectivity index (χ1n) is 4.13. The van der Waals surface area contributed by atoms with E-state index in [4.69, 9.17) is 10.5 Å². The maximum absolute atomic E-state index is 11.5. The number of benzene rings is 1. The molecule has 14 heavy (non-hydrogen) atoms. The minimum Gasteiger partial charge on any atom is -0.496 e. The van der Waals surface area contributed by atoms with Crippen molar-refractivity contribution in [3.8, 4) is 5.75 Å². The normalized spacial score (nSPS) is 9.93. The van der Waals surface area contributed by atoms with Gasteiger partial charge in [-0.3, -0.25) is 4.79 Å². The number of carbonyl (C=O) groups excluding carboxylic acids is 1. The lowest BCUT2D eigenvalue weighted by atomic mass is 10.0. The van der Waals surface area contributed by atoms with Crippen LogP contribution in [-0.2, 0) is 0 Å². The van der Waals surface area contributed by atoms with Crippen molar-refractivity contribution in [1.82, 2.24) is 0 Å². The molecule has 0 saturated heterocycles. The molecule has 76 valence electrons. The predicted molar refractivity (Wildman–Crippen MR) is 60.3 cm³/mol. The maximum atomic E-state index is 11.5. The van der Waals surface area contributed by atoms with Crippen LogP contribution >= 0.6 is 15.9 Å². The molecule has 0 atom stereocenters. The van der Waals surface area contributed by atoms with E-state index in [1.807, 2.05) is 6.92 Å². The first-order chi connectivity index (χ1) is 6.60. The third kappa shape index (κ3) is 2.07. The quantitative estimate of drug-likeness (QED) is 0.513. The third-order valence-electron chi connectivity index (χ3n) is 2.02. The van der Waals surface area contributed by atoms with Gasteiger partial charge >= 0.3 is 0 Å². The number of Topliss-reactive ketones (excluding diaryl/α,β-unsaturated/α-hetero) is 1. The SMILES string of the molecule is COc1cc(N)cc(C(=O)CBr)c1C. The molecular weight excluding hydrogens is 246 g/mol.